The molecule has 0 fully saturated rings. The molecule has 0 saturated heterocycles. The van der Waals surface area contributed by atoms with Gasteiger partial charge in [-0.2, -0.15) is 0 Å². The zero-order chi connectivity index (χ0) is 16.2. The number of halogens is 3. The van der Waals surface area contributed by atoms with Gasteiger partial charge >= 0.3 is 50.5 Å². The molecule has 0 heterocycles. The van der Waals surface area contributed by atoms with Crippen LogP contribution in [0.3, 0.4) is 0 Å². The molecule has 5 heteroatoms. The number of rotatable bonds is 0. The van der Waals surface area contributed by atoms with Crippen LogP contribution in [0, 0.1) is 0 Å². The van der Waals surface area contributed by atoms with E-state index < -0.39 is 0 Å². The minimum atomic E-state index is 0.0904. The fourth-order valence-corrected chi connectivity index (χ4v) is 2.23. The summed E-state index contributed by atoms with van der Waals surface area (Å²) in [6.45, 7) is 7.28. The molecule has 0 aromatic heterocycles. The Hall–Kier alpha value is 0.230. The first-order valence-electron chi connectivity index (χ1n) is 6.25. The first-order valence-corrected chi connectivity index (χ1v) is 18.8. The van der Waals surface area contributed by atoms with Gasteiger partial charge in [0.1, 0.15) is 0 Å². The molecule has 21 heavy (non-hydrogen) atoms. The van der Waals surface area contributed by atoms with Gasteiger partial charge in [-0.15, -0.1) is 0 Å². The van der Waals surface area contributed by atoms with E-state index in [2.05, 4.69) is 37.2 Å². The Kier molecular flexibility index (Phi) is 8.04. The van der Waals surface area contributed by atoms with Crippen LogP contribution in [0.2, 0.25) is 0 Å². The Morgan fingerprint density at radius 1 is 0.667 bits per heavy atom. The fraction of sp³-hybridized carbons (Fsp3) is 0.250. The molecule has 0 aromatic rings. The van der Waals surface area contributed by atoms with Crippen molar-refractivity contribution in [2.24, 2.45) is 0 Å². The molecule has 2 nitrogen and oxygen atoms in total. The van der Waals surface area contributed by atoms with Gasteiger partial charge in [-0.25, -0.2) is 0 Å². The van der Waals surface area contributed by atoms with Crippen LogP contribution >= 0.6 is 37.2 Å². The molecule has 0 N–H and O–H groups in total. The average molecular weight is 621 g/mol. The average Bonchev–Trinajstić information content (AvgIpc) is 2.42. The maximum absolute atomic E-state index is 11.7. The topological polar surface area (TPSA) is 34.1 Å². The van der Waals surface area contributed by atoms with Crippen molar-refractivity contribution < 1.29 is 22.8 Å². The van der Waals surface area contributed by atoms with E-state index in [9.17, 15) is 9.59 Å². The molecule has 0 radical (unpaired) electrons. The number of hydrogen-bond donors (Lipinski definition) is 0. The van der Waals surface area contributed by atoms with Crippen LogP contribution in [0.5, 0.6) is 0 Å². The number of allylic oxidation sites excluding steroid dienone is 10. The van der Waals surface area contributed by atoms with Crippen molar-refractivity contribution >= 4 is 48.8 Å². The van der Waals surface area contributed by atoms with Gasteiger partial charge in [0.25, 0.3) is 0 Å². The van der Waals surface area contributed by atoms with Gasteiger partial charge in [-0.05, 0) is 85.4 Å². The van der Waals surface area contributed by atoms with Crippen LogP contribution in [-0.4, -0.2) is 11.6 Å². The molecular formula is C16H16I3O2-. The van der Waals surface area contributed by atoms with E-state index in [-0.39, 0.29) is 11.6 Å². The van der Waals surface area contributed by atoms with Gasteiger partial charge in [0.05, 0.1) is 0 Å². The van der Waals surface area contributed by atoms with Gasteiger partial charge in [0.15, 0.2) is 11.6 Å². The van der Waals surface area contributed by atoms with Crippen molar-refractivity contribution in [3.63, 3.8) is 0 Å². The van der Waals surface area contributed by atoms with Crippen molar-refractivity contribution in [1.29, 1.82) is 0 Å². The summed E-state index contributed by atoms with van der Waals surface area (Å²) in [6.07, 6.45) is 7.53. The Labute approximate surface area is 155 Å². The summed E-state index contributed by atoms with van der Waals surface area (Å²) in [5.41, 5.74) is 4.96. The summed E-state index contributed by atoms with van der Waals surface area (Å²) in [5.74, 6) is 0.181. The summed E-state index contributed by atoms with van der Waals surface area (Å²) in [6, 6.07) is 0. The summed E-state index contributed by atoms with van der Waals surface area (Å²) in [4.78, 5) is 23.4. The molecule has 2 rings (SSSR count). The zero-order valence-corrected chi connectivity index (χ0v) is 18.7. The third kappa shape index (κ3) is 5.12. The van der Waals surface area contributed by atoms with Crippen molar-refractivity contribution in [2.45, 2.75) is 27.7 Å². The number of carbonyl (C=O) groups excluding carboxylic acids is 2. The van der Waals surface area contributed by atoms with E-state index in [1.807, 2.05) is 52.0 Å². The van der Waals surface area contributed by atoms with Gasteiger partial charge in [-0.1, -0.05) is 0 Å². The summed E-state index contributed by atoms with van der Waals surface area (Å²) < 4.78 is 0. The monoisotopic (exact) mass is 621 g/mol. The number of Topliss-reactive ketones (excluding diaryl/α,β-unsaturated/α-hetero) is 2. The molecule has 0 aromatic carbocycles. The van der Waals surface area contributed by atoms with Gasteiger partial charge in [-0.3, -0.25) is 9.59 Å². The number of hydrogen-bond acceptors (Lipinski definition) is 2. The van der Waals surface area contributed by atoms with Crippen LogP contribution in [0.1, 0.15) is 27.7 Å². The molecular weight excluding hydrogens is 605 g/mol. The van der Waals surface area contributed by atoms with E-state index >= 15 is 0 Å². The second kappa shape index (κ2) is 8.76. The molecule has 0 saturated carbocycles. The zero-order valence-electron chi connectivity index (χ0n) is 12.3. The second-order valence-corrected chi connectivity index (χ2v) is 21.2. The summed E-state index contributed by atoms with van der Waals surface area (Å²) in [5, 5.41) is 0. The van der Waals surface area contributed by atoms with Crippen molar-refractivity contribution in [3.8, 4) is 0 Å². The fourth-order valence-electron chi connectivity index (χ4n) is 2.23. The molecule has 0 aliphatic heterocycles. The van der Waals surface area contributed by atoms with Gasteiger partial charge < -0.3 is 0 Å². The predicted molar refractivity (Wildman–Crippen MR) is 100 cm³/mol. The van der Waals surface area contributed by atoms with Gasteiger partial charge in [0.2, 0.25) is 0 Å². The van der Waals surface area contributed by atoms with Crippen molar-refractivity contribution in [1.82, 2.24) is 0 Å². The third-order valence-electron chi connectivity index (χ3n) is 3.25. The Bertz CT molecular complexity index is 530. The second-order valence-electron chi connectivity index (χ2n) is 4.93. The molecule has 0 spiro atoms. The SMILES string of the molecule is CC1=CC(=C2C=C(C)C(=O)C(C)=C2)C=C(C)C1=O.I[I-]I. The predicted octanol–water partition coefficient (Wildman–Crippen LogP) is 2.01. The van der Waals surface area contributed by atoms with Crippen LogP contribution in [0.25, 0.3) is 0 Å². The molecule has 0 atom stereocenters. The summed E-state index contributed by atoms with van der Waals surface area (Å²) >= 11 is 5.30. The third-order valence-corrected chi connectivity index (χ3v) is 3.25. The maximum atomic E-state index is 11.7. The van der Waals surface area contributed by atoms with Gasteiger partial charge in [0, 0.05) is 0 Å². The van der Waals surface area contributed by atoms with Crippen LogP contribution < -0.4 is 13.3 Å². The number of carbonyl (C=O) groups is 2. The van der Waals surface area contributed by atoms with E-state index in [4.69, 9.17) is 0 Å². The molecule has 0 amide bonds. The van der Waals surface area contributed by atoms with E-state index in [0.717, 1.165) is 33.4 Å². The van der Waals surface area contributed by atoms with E-state index in [1.165, 1.54) is 0 Å². The standard InChI is InChI=1S/C16H16O2.I3/c1-9-5-13(6-10(2)15(9)17)14-7-11(3)16(18)12(4)8-14;1-3-2/h5-8H,1-4H3;/q;-1. The van der Waals surface area contributed by atoms with Crippen LogP contribution in [0.15, 0.2) is 57.7 Å². The quantitative estimate of drug-likeness (QED) is 0.389. The molecule has 0 bridgehead atoms. The summed E-state index contributed by atoms with van der Waals surface area (Å²) in [7, 11) is 0. The number of ketones is 2. The van der Waals surface area contributed by atoms with Crippen molar-refractivity contribution in [3.05, 3.63) is 57.7 Å². The van der Waals surface area contributed by atoms with Crippen molar-refractivity contribution in [2.75, 3.05) is 0 Å². The Balaban J connectivity index is 0.000000677. The molecule has 2 aliphatic rings. The molecule has 114 valence electrons. The Morgan fingerprint density at radius 3 is 1.05 bits per heavy atom. The molecule has 0 unspecified atom stereocenters. The first-order chi connectivity index (χ1) is 9.81. The van der Waals surface area contributed by atoms with Crippen LogP contribution in [0.4, 0.5) is 0 Å². The molecule has 2 aliphatic carbocycles. The Morgan fingerprint density at radius 2 is 0.857 bits per heavy atom. The van der Waals surface area contributed by atoms with Crippen LogP contribution in [-0.2, 0) is 9.59 Å². The van der Waals surface area contributed by atoms with E-state index in [1.54, 1.807) is 0 Å². The first kappa shape index (κ1) is 19.3. The van der Waals surface area contributed by atoms with E-state index in [0.29, 0.717) is 13.3 Å². The normalized spacial score (nSPS) is 18.6. The minimum absolute atomic E-state index is 0.0904.